The molecule has 0 aliphatic carbocycles. The number of methoxy groups -OCH3 is 1. The highest BCUT2D eigenvalue weighted by molar-refractivity contribution is 6.00. The number of carbonyl (C=O) groups is 2. The van der Waals surface area contributed by atoms with E-state index in [4.69, 9.17) is 4.74 Å². The van der Waals surface area contributed by atoms with Gasteiger partial charge in [0.25, 0.3) is 5.91 Å². The van der Waals surface area contributed by atoms with E-state index < -0.39 is 0 Å². The third-order valence-corrected chi connectivity index (χ3v) is 3.86. The van der Waals surface area contributed by atoms with Gasteiger partial charge in [0.15, 0.2) is 0 Å². The van der Waals surface area contributed by atoms with Crippen LogP contribution >= 0.6 is 0 Å². The van der Waals surface area contributed by atoms with Crippen molar-refractivity contribution in [2.24, 2.45) is 0 Å². The molecule has 0 spiro atoms. The number of rotatable bonds is 5. The Morgan fingerprint density at radius 2 is 1.84 bits per heavy atom. The van der Waals surface area contributed by atoms with Crippen LogP contribution in [0.3, 0.4) is 0 Å². The number of likely N-dealkylation sites (N-methyl/N-ethyl adjacent to an activating group) is 1. The van der Waals surface area contributed by atoms with Crippen LogP contribution in [0.15, 0.2) is 30.5 Å². The lowest BCUT2D eigenvalue weighted by Crippen LogP contribution is -2.35. The molecule has 0 unspecified atom stereocenters. The van der Waals surface area contributed by atoms with Crippen molar-refractivity contribution in [2.45, 2.75) is 20.8 Å². The van der Waals surface area contributed by atoms with Gasteiger partial charge in [-0.1, -0.05) is 17.7 Å². The molecule has 1 heterocycles. The number of benzene rings is 1. The van der Waals surface area contributed by atoms with Crippen molar-refractivity contribution in [1.29, 1.82) is 0 Å². The number of nitrogens with zero attached hydrogens (tertiary/aromatic N) is 2. The number of amides is 2. The Bertz CT molecular complexity index is 779. The van der Waals surface area contributed by atoms with Crippen LogP contribution in [0.1, 0.15) is 27.0 Å². The highest BCUT2D eigenvalue weighted by Crippen LogP contribution is 2.22. The maximum absolute atomic E-state index is 12.5. The zero-order chi connectivity index (χ0) is 18.6. The molecule has 132 valence electrons. The van der Waals surface area contributed by atoms with Crippen LogP contribution in [0, 0.1) is 20.8 Å². The molecule has 6 heteroatoms. The van der Waals surface area contributed by atoms with Crippen LogP contribution < -0.4 is 10.1 Å². The van der Waals surface area contributed by atoms with Crippen LogP contribution in [0.2, 0.25) is 0 Å². The minimum absolute atomic E-state index is 0.0658. The average molecular weight is 341 g/mol. The van der Waals surface area contributed by atoms with E-state index in [9.17, 15) is 9.59 Å². The minimum atomic E-state index is -0.322. The maximum Gasteiger partial charge on any atom is 0.259 e. The zero-order valence-electron chi connectivity index (χ0n) is 15.2. The molecule has 1 aromatic carbocycles. The van der Waals surface area contributed by atoms with Gasteiger partial charge in [0.1, 0.15) is 5.56 Å². The number of pyridine rings is 1. The summed E-state index contributed by atoms with van der Waals surface area (Å²) in [6.45, 7) is 5.85. The molecule has 2 aromatic rings. The van der Waals surface area contributed by atoms with E-state index in [1.165, 1.54) is 12.0 Å². The van der Waals surface area contributed by atoms with Crippen molar-refractivity contribution in [2.75, 3.05) is 26.0 Å². The summed E-state index contributed by atoms with van der Waals surface area (Å²) in [6.07, 6.45) is 1.55. The first-order chi connectivity index (χ1) is 11.8. The van der Waals surface area contributed by atoms with Gasteiger partial charge in [-0.05, 0) is 44.0 Å². The molecule has 0 fully saturated rings. The van der Waals surface area contributed by atoms with E-state index in [-0.39, 0.29) is 24.2 Å². The van der Waals surface area contributed by atoms with E-state index in [0.717, 1.165) is 22.4 Å². The van der Waals surface area contributed by atoms with Gasteiger partial charge < -0.3 is 15.0 Å². The van der Waals surface area contributed by atoms with Crippen molar-refractivity contribution >= 4 is 17.5 Å². The molecule has 2 rings (SSSR count). The normalized spacial score (nSPS) is 10.3. The highest BCUT2D eigenvalue weighted by Gasteiger charge is 2.19. The van der Waals surface area contributed by atoms with Gasteiger partial charge >= 0.3 is 0 Å². The molecule has 25 heavy (non-hydrogen) atoms. The lowest BCUT2D eigenvalue weighted by atomic mass is 10.1. The van der Waals surface area contributed by atoms with Crippen LogP contribution in [-0.2, 0) is 4.79 Å². The van der Waals surface area contributed by atoms with E-state index in [1.54, 1.807) is 25.4 Å². The molecule has 6 nitrogen and oxygen atoms in total. The number of aryl methyl sites for hydroxylation is 3. The summed E-state index contributed by atoms with van der Waals surface area (Å²) in [7, 11) is 3.03. The number of carbonyl (C=O) groups excluding carboxylic acids is 2. The fourth-order valence-corrected chi connectivity index (χ4v) is 2.77. The lowest BCUT2D eigenvalue weighted by molar-refractivity contribution is -0.116. The fourth-order valence-electron chi connectivity index (χ4n) is 2.77. The molecule has 0 aliphatic rings. The Morgan fingerprint density at radius 3 is 2.44 bits per heavy atom. The van der Waals surface area contributed by atoms with Gasteiger partial charge in [0, 0.05) is 18.9 Å². The molecular weight excluding hydrogens is 318 g/mol. The maximum atomic E-state index is 12.5. The molecule has 0 bridgehead atoms. The summed E-state index contributed by atoms with van der Waals surface area (Å²) in [4.78, 5) is 30.2. The largest absolute Gasteiger partial charge is 0.480 e. The minimum Gasteiger partial charge on any atom is -0.480 e. The first kappa shape index (κ1) is 18.4. The zero-order valence-corrected chi connectivity index (χ0v) is 15.2. The smallest absolute Gasteiger partial charge is 0.259 e. The van der Waals surface area contributed by atoms with Crippen molar-refractivity contribution in [3.63, 3.8) is 0 Å². The molecule has 0 aliphatic heterocycles. The van der Waals surface area contributed by atoms with Gasteiger partial charge in [-0.25, -0.2) is 4.98 Å². The second-order valence-electron chi connectivity index (χ2n) is 6.04. The van der Waals surface area contributed by atoms with Crippen molar-refractivity contribution < 1.29 is 14.3 Å². The van der Waals surface area contributed by atoms with Crippen molar-refractivity contribution in [3.05, 3.63) is 52.7 Å². The van der Waals surface area contributed by atoms with Crippen LogP contribution in [-0.4, -0.2) is 42.4 Å². The quantitative estimate of drug-likeness (QED) is 0.908. The number of ether oxygens (including phenoxy) is 1. The number of hydrogen-bond acceptors (Lipinski definition) is 4. The molecule has 0 radical (unpaired) electrons. The average Bonchev–Trinajstić information content (AvgIpc) is 2.57. The Morgan fingerprint density at radius 1 is 1.20 bits per heavy atom. The monoisotopic (exact) mass is 341 g/mol. The van der Waals surface area contributed by atoms with E-state index >= 15 is 0 Å². The third kappa shape index (κ3) is 4.35. The van der Waals surface area contributed by atoms with Crippen molar-refractivity contribution in [1.82, 2.24) is 9.88 Å². The number of hydrogen-bond donors (Lipinski definition) is 1. The summed E-state index contributed by atoms with van der Waals surface area (Å²) < 4.78 is 5.10. The Labute approximate surface area is 147 Å². The molecule has 0 saturated heterocycles. The molecule has 1 N–H and O–H groups in total. The summed E-state index contributed by atoms with van der Waals surface area (Å²) in [6, 6.07) is 7.30. The van der Waals surface area contributed by atoms with Gasteiger partial charge in [-0.3, -0.25) is 9.59 Å². The fraction of sp³-hybridized carbons (Fsp3) is 0.316. The summed E-state index contributed by atoms with van der Waals surface area (Å²) in [5.74, 6) is -0.337. The van der Waals surface area contributed by atoms with E-state index in [2.05, 4.69) is 10.3 Å². The first-order valence-electron chi connectivity index (χ1n) is 7.95. The topological polar surface area (TPSA) is 71.5 Å². The van der Waals surface area contributed by atoms with Crippen LogP contribution in [0.5, 0.6) is 5.88 Å². The Hall–Kier alpha value is -2.89. The van der Waals surface area contributed by atoms with Gasteiger partial charge in [0.2, 0.25) is 11.8 Å². The summed E-state index contributed by atoms with van der Waals surface area (Å²) in [5, 5.41) is 2.89. The van der Waals surface area contributed by atoms with E-state index in [0.29, 0.717) is 5.56 Å². The second kappa shape index (κ2) is 7.79. The number of aromatic nitrogens is 1. The predicted octanol–water partition coefficient (Wildman–Crippen LogP) is 2.73. The summed E-state index contributed by atoms with van der Waals surface area (Å²) in [5.41, 5.74) is 4.24. The molecule has 0 saturated carbocycles. The first-order valence-corrected chi connectivity index (χ1v) is 7.95. The Kier molecular flexibility index (Phi) is 5.75. The van der Waals surface area contributed by atoms with Gasteiger partial charge in [-0.15, -0.1) is 0 Å². The van der Waals surface area contributed by atoms with Crippen LogP contribution in [0.25, 0.3) is 0 Å². The third-order valence-electron chi connectivity index (χ3n) is 3.86. The highest BCUT2D eigenvalue weighted by atomic mass is 16.5. The van der Waals surface area contributed by atoms with Crippen LogP contribution in [0.4, 0.5) is 5.69 Å². The number of anilines is 1. The Balaban J connectivity index is 2.09. The SMILES string of the molecule is COc1ncccc1C(=O)N(C)CC(=O)Nc1c(C)cc(C)cc1C. The van der Waals surface area contributed by atoms with E-state index in [1.807, 2.05) is 32.9 Å². The summed E-state index contributed by atoms with van der Waals surface area (Å²) >= 11 is 0. The van der Waals surface area contributed by atoms with Gasteiger partial charge in [0.05, 0.1) is 13.7 Å². The van der Waals surface area contributed by atoms with Gasteiger partial charge in [-0.2, -0.15) is 0 Å². The second-order valence-corrected chi connectivity index (χ2v) is 6.04. The predicted molar refractivity (Wildman–Crippen MR) is 97.0 cm³/mol. The molecular formula is C19H23N3O3. The molecule has 2 amide bonds. The van der Waals surface area contributed by atoms with Crippen molar-refractivity contribution in [3.8, 4) is 5.88 Å². The lowest BCUT2D eigenvalue weighted by Gasteiger charge is -2.19. The number of nitrogens with one attached hydrogen (secondary N) is 1. The standard InChI is InChI=1S/C19H23N3O3/c1-12-9-13(2)17(14(3)10-12)21-16(23)11-22(4)19(24)15-7-6-8-20-18(15)25-5/h6-10H,11H2,1-5H3,(H,21,23). The molecule has 0 atom stereocenters. The molecule has 1 aromatic heterocycles.